The Bertz CT molecular complexity index is 210. The number of carbonyl (C=O) groups excluding carboxylic acids is 1. The van der Waals surface area contributed by atoms with E-state index in [2.05, 4.69) is 5.32 Å². The maximum atomic E-state index is 11.9. The van der Waals surface area contributed by atoms with Gasteiger partial charge in [-0.2, -0.15) is 0 Å². The number of nitrogens with two attached hydrogens (primary N) is 1. The van der Waals surface area contributed by atoms with Crippen LogP contribution in [0, 0.1) is 5.92 Å². The highest BCUT2D eigenvalue weighted by Crippen LogP contribution is 2.27. The Morgan fingerprint density at radius 3 is 2.38 bits per heavy atom. The van der Waals surface area contributed by atoms with Crippen molar-refractivity contribution >= 4 is 6.03 Å². The van der Waals surface area contributed by atoms with Gasteiger partial charge in [-0.15, -0.1) is 0 Å². The highest BCUT2D eigenvalue weighted by atomic mass is 16.2. The number of hydrogen-bond donors (Lipinski definition) is 2. The molecule has 1 saturated carbocycles. The minimum absolute atomic E-state index is 0.0346. The van der Waals surface area contributed by atoms with E-state index < -0.39 is 0 Å². The van der Waals surface area contributed by atoms with Crippen LogP contribution in [0.1, 0.15) is 39.5 Å². The molecule has 0 bridgehead atoms. The summed E-state index contributed by atoms with van der Waals surface area (Å²) in [6.07, 6.45) is 4.98. The Hall–Kier alpha value is -0.770. The summed E-state index contributed by atoms with van der Waals surface area (Å²) in [4.78, 5) is 13.7. The van der Waals surface area contributed by atoms with Crippen molar-refractivity contribution in [3.8, 4) is 0 Å². The Labute approximate surface area is 98.6 Å². The third-order valence-electron chi connectivity index (χ3n) is 3.58. The number of nitrogens with one attached hydrogen (secondary N) is 1. The van der Waals surface area contributed by atoms with Crippen LogP contribution in [-0.4, -0.2) is 36.6 Å². The highest BCUT2D eigenvalue weighted by molar-refractivity contribution is 5.74. The second-order valence-electron chi connectivity index (χ2n) is 4.51. The summed E-state index contributed by atoms with van der Waals surface area (Å²) in [6, 6.07) is 0.197. The number of carbonyl (C=O) groups is 1. The topological polar surface area (TPSA) is 58.4 Å². The second-order valence-corrected chi connectivity index (χ2v) is 4.51. The predicted octanol–water partition coefficient (Wildman–Crippen LogP) is 1.56. The highest BCUT2D eigenvalue weighted by Gasteiger charge is 2.26. The summed E-state index contributed by atoms with van der Waals surface area (Å²) >= 11 is 0. The summed E-state index contributed by atoms with van der Waals surface area (Å²) in [7, 11) is 0. The van der Waals surface area contributed by atoms with Gasteiger partial charge in [-0.25, -0.2) is 4.79 Å². The zero-order valence-electron chi connectivity index (χ0n) is 10.5. The summed E-state index contributed by atoms with van der Waals surface area (Å²) in [6.45, 7) is 6.05. The first kappa shape index (κ1) is 13.3. The van der Waals surface area contributed by atoms with Gasteiger partial charge < -0.3 is 16.0 Å². The largest absolute Gasteiger partial charge is 0.334 e. The predicted molar refractivity (Wildman–Crippen MR) is 66.3 cm³/mol. The normalized spacial score (nSPS) is 18.4. The SMILES string of the molecule is CCN(CC)C(=O)NC(CN)C1CCCC1. The van der Waals surface area contributed by atoms with Gasteiger partial charge in [0.25, 0.3) is 0 Å². The number of amides is 2. The minimum atomic E-state index is 0.0346. The fourth-order valence-corrected chi connectivity index (χ4v) is 2.49. The molecule has 0 aromatic heterocycles. The van der Waals surface area contributed by atoms with Crippen LogP contribution in [-0.2, 0) is 0 Å². The molecule has 94 valence electrons. The molecular formula is C12H25N3O. The fourth-order valence-electron chi connectivity index (χ4n) is 2.49. The molecule has 0 heterocycles. The van der Waals surface area contributed by atoms with Crippen molar-refractivity contribution in [2.24, 2.45) is 11.7 Å². The molecule has 1 rings (SSSR count). The lowest BCUT2D eigenvalue weighted by Crippen LogP contribution is -2.50. The van der Waals surface area contributed by atoms with Crippen molar-refractivity contribution in [2.45, 2.75) is 45.6 Å². The lowest BCUT2D eigenvalue weighted by atomic mass is 9.98. The molecule has 0 aromatic carbocycles. The maximum absolute atomic E-state index is 11.9. The van der Waals surface area contributed by atoms with Gasteiger partial charge in [0.2, 0.25) is 0 Å². The van der Waals surface area contributed by atoms with Gasteiger partial charge in [-0.05, 0) is 32.6 Å². The Morgan fingerprint density at radius 1 is 1.38 bits per heavy atom. The van der Waals surface area contributed by atoms with Crippen molar-refractivity contribution in [3.05, 3.63) is 0 Å². The van der Waals surface area contributed by atoms with Crippen molar-refractivity contribution in [1.29, 1.82) is 0 Å². The summed E-state index contributed by atoms with van der Waals surface area (Å²) in [5.41, 5.74) is 5.75. The molecule has 1 aliphatic carbocycles. The monoisotopic (exact) mass is 227 g/mol. The smallest absolute Gasteiger partial charge is 0.317 e. The van der Waals surface area contributed by atoms with Crippen LogP contribution in [0.25, 0.3) is 0 Å². The first-order valence-corrected chi connectivity index (χ1v) is 6.48. The molecule has 1 atom stereocenters. The van der Waals surface area contributed by atoms with E-state index >= 15 is 0 Å². The van der Waals surface area contributed by atoms with Crippen LogP contribution in [0.4, 0.5) is 4.79 Å². The van der Waals surface area contributed by atoms with Gasteiger partial charge >= 0.3 is 6.03 Å². The number of hydrogen-bond acceptors (Lipinski definition) is 2. The molecule has 4 nitrogen and oxygen atoms in total. The van der Waals surface area contributed by atoms with E-state index in [1.807, 2.05) is 13.8 Å². The third kappa shape index (κ3) is 3.37. The van der Waals surface area contributed by atoms with Crippen molar-refractivity contribution < 1.29 is 4.79 Å². The van der Waals surface area contributed by atoms with Crippen LogP contribution >= 0.6 is 0 Å². The molecule has 3 N–H and O–H groups in total. The first-order valence-electron chi connectivity index (χ1n) is 6.48. The van der Waals surface area contributed by atoms with Gasteiger partial charge in [-0.1, -0.05) is 12.8 Å². The average molecular weight is 227 g/mol. The summed E-state index contributed by atoms with van der Waals surface area (Å²) in [5.74, 6) is 0.588. The molecule has 1 fully saturated rings. The van der Waals surface area contributed by atoms with Gasteiger partial charge in [0.1, 0.15) is 0 Å². The molecule has 0 aliphatic heterocycles. The molecular weight excluding hydrogens is 202 g/mol. The molecule has 0 saturated heterocycles. The second kappa shape index (κ2) is 6.74. The third-order valence-corrected chi connectivity index (χ3v) is 3.58. The maximum Gasteiger partial charge on any atom is 0.317 e. The van der Waals surface area contributed by atoms with Crippen LogP contribution in [0.2, 0.25) is 0 Å². The van der Waals surface area contributed by atoms with Gasteiger partial charge in [0.15, 0.2) is 0 Å². The van der Waals surface area contributed by atoms with E-state index in [0.717, 1.165) is 13.1 Å². The number of urea groups is 1. The molecule has 0 aromatic rings. The summed E-state index contributed by atoms with van der Waals surface area (Å²) < 4.78 is 0. The molecule has 4 heteroatoms. The zero-order valence-corrected chi connectivity index (χ0v) is 10.5. The summed E-state index contributed by atoms with van der Waals surface area (Å²) in [5, 5.41) is 3.07. The molecule has 0 radical (unpaired) electrons. The van der Waals surface area contributed by atoms with E-state index in [9.17, 15) is 4.79 Å². The molecule has 1 unspecified atom stereocenters. The van der Waals surface area contributed by atoms with Crippen molar-refractivity contribution in [2.75, 3.05) is 19.6 Å². The Balaban J connectivity index is 2.45. The fraction of sp³-hybridized carbons (Fsp3) is 0.917. The van der Waals surface area contributed by atoms with Gasteiger partial charge in [-0.3, -0.25) is 0 Å². The van der Waals surface area contributed by atoms with Crippen LogP contribution < -0.4 is 11.1 Å². The van der Waals surface area contributed by atoms with Crippen LogP contribution in [0.5, 0.6) is 0 Å². The lowest BCUT2D eigenvalue weighted by molar-refractivity contribution is 0.194. The van der Waals surface area contributed by atoms with E-state index in [4.69, 9.17) is 5.73 Å². The van der Waals surface area contributed by atoms with Gasteiger partial charge in [0.05, 0.1) is 0 Å². The minimum Gasteiger partial charge on any atom is -0.334 e. The molecule has 16 heavy (non-hydrogen) atoms. The Kier molecular flexibility index (Phi) is 5.60. The van der Waals surface area contributed by atoms with Crippen LogP contribution in [0.3, 0.4) is 0 Å². The Morgan fingerprint density at radius 2 is 1.94 bits per heavy atom. The van der Waals surface area contributed by atoms with E-state index in [0.29, 0.717) is 12.5 Å². The van der Waals surface area contributed by atoms with Crippen LogP contribution in [0.15, 0.2) is 0 Å². The molecule has 1 aliphatic rings. The molecule has 2 amide bonds. The zero-order chi connectivity index (χ0) is 12.0. The lowest BCUT2D eigenvalue weighted by Gasteiger charge is -2.27. The van der Waals surface area contributed by atoms with Crippen molar-refractivity contribution in [1.82, 2.24) is 10.2 Å². The van der Waals surface area contributed by atoms with E-state index in [1.54, 1.807) is 4.90 Å². The quantitative estimate of drug-likeness (QED) is 0.748. The average Bonchev–Trinajstić information content (AvgIpc) is 2.81. The van der Waals surface area contributed by atoms with Crippen molar-refractivity contribution in [3.63, 3.8) is 0 Å². The first-order chi connectivity index (χ1) is 7.72. The number of rotatable bonds is 5. The number of nitrogens with zero attached hydrogens (tertiary/aromatic N) is 1. The molecule has 0 spiro atoms. The van der Waals surface area contributed by atoms with E-state index in [1.165, 1.54) is 25.7 Å². The van der Waals surface area contributed by atoms with Gasteiger partial charge in [0, 0.05) is 25.7 Å². The van der Waals surface area contributed by atoms with E-state index in [-0.39, 0.29) is 12.1 Å². The standard InChI is InChI=1S/C12H25N3O/c1-3-15(4-2)12(16)14-11(9-13)10-7-5-6-8-10/h10-11H,3-9,13H2,1-2H3,(H,14,16).